The van der Waals surface area contributed by atoms with Crippen LogP contribution in [-0.4, -0.2) is 25.7 Å². The minimum Gasteiger partial charge on any atom is -0.370 e. The van der Waals surface area contributed by atoms with Crippen LogP contribution in [-0.2, 0) is 16.1 Å². The first kappa shape index (κ1) is 13.7. The highest BCUT2D eigenvalue weighted by Gasteiger charge is 1.96. The zero-order valence-electron chi connectivity index (χ0n) is 10.5. The van der Waals surface area contributed by atoms with Crippen LogP contribution in [0.4, 0.5) is 0 Å². The van der Waals surface area contributed by atoms with Crippen molar-refractivity contribution in [1.29, 1.82) is 0 Å². The van der Waals surface area contributed by atoms with Gasteiger partial charge >= 0.3 is 0 Å². The average molecular weight is 236 g/mol. The summed E-state index contributed by atoms with van der Waals surface area (Å²) in [5, 5.41) is 3.25. The van der Waals surface area contributed by atoms with Gasteiger partial charge in [0, 0.05) is 13.1 Å². The summed E-state index contributed by atoms with van der Waals surface area (Å²) < 4.78 is 5.04. The van der Waals surface area contributed by atoms with Crippen LogP contribution in [0.5, 0.6) is 0 Å². The normalized spacial score (nSPS) is 10.5. The van der Waals surface area contributed by atoms with Crippen LogP contribution in [0.3, 0.4) is 0 Å². The van der Waals surface area contributed by atoms with E-state index in [9.17, 15) is 4.79 Å². The number of amides is 1. The summed E-state index contributed by atoms with van der Waals surface area (Å²) in [5.74, 6) is -0.431. The lowest BCUT2D eigenvalue weighted by Gasteiger charge is -2.07. The highest BCUT2D eigenvalue weighted by Crippen LogP contribution is 2.08. The van der Waals surface area contributed by atoms with E-state index in [0.717, 1.165) is 6.54 Å². The SMILES string of the molecule is Cc1cc(C)cc(CNCCOCC(N)=O)c1. The Bertz CT molecular complexity index is 357. The molecule has 17 heavy (non-hydrogen) atoms. The standard InChI is InChI=1S/C13H20N2O2/c1-10-5-11(2)7-12(6-10)8-15-3-4-17-9-13(14)16/h5-7,15H,3-4,8-9H2,1-2H3,(H2,14,16). The molecular formula is C13H20N2O2. The summed E-state index contributed by atoms with van der Waals surface area (Å²) in [6.45, 7) is 6.18. The van der Waals surface area contributed by atoms with E-state index < -0.39 is 5.91 Å². The van der Waals surface area contributed by atoms with Crippen LogP contribution in [0.1, 0.15) is 16.7 Å². The third-order valence-corrected chi connectivity index (χ3v) is 2.28. The maximum atomic E-state index is 10.4. The molecule has 0 heterocycles. The van der Waals surface area contributed by atoms with Gasteiger partial charge in [0.1, 0.15) is 6.61 Å². The topological polar surface area (TPSA) is 64.3 Å². The Labute approximate surface area is 102 Å². The van der Waals surface area contributed by atoms with E-state index in [1.165, 1.54) is 16.7 Å². The van der Waals surface area contributed by atoms with Crippen molar-refractivity contribution in [1.82, 2.24) is 5.32 Å². The second-order valence-electron chi connectivity index (χ2n) is 4.19. The van der Waals surface area contributed by atoms with Gasteiger partial charge < -0.3 is 15.8 Å². The van der Waals surface area contributed by atoms with Gasteiger partial charge in [0.05, 0.1) is 6.61 Å². The largest absolute Gasteiger partial charge is 0.370 e. The molecule has 1 aromatic carbocycles. The molecule has 0 aromatic heterocycles. The zero-order chi connectivity index (χ0) is 12.7. The summed E-state index contributed by atoms with van der Waals surface area (Å²) in [6, 6.07) is 6.47. The van der Waals surface area contributed by atoms with E-state index in [1.807, 2.05) is 0 Å². The Hall–Kier alpha value is -1.39. The first-order valence-electron chi connectivity index (χ1n) is 5.72. The molecule has 0 aliphatic rings. The van der Waals surface area contributed by atoms with Crippen LogP contribution in [0, 0.1) is 13.8 Å². The summed E-state index contributed by atoms with van der Waals surface area (Å²) in [7, 11) is 0. The van der Waals surface area contributed by atoms with Crippen LogP contribution in [0.15, 0.2) is 18.2 Å². The van der Waals surface area contributed by atoms with E-state index in [4.69, 9.17) is 10.5 Å². The number of benzene rings is 1. The summed E-state index contributed by atoms with van der Waals surface area (Å²) in [4.78, 5) is 10.4. The van der Waals surface area contributed by atoms with Gasteiger partial charge in [-0.25, -0.2) is 0 Å². The van der Waals surface area contributed by atoms with Gasteiger partial charge in [-0.1, -0.05) is 29.3 Å². The average Bonchev–Trinajstić information content (AvgIpc) is 2.21. The number of carbonyl (C=O) groups is 1. The molecule has 0 aliphatic heterocycles. The zero-order valence-corrected chi connectivity index (χ0v) is 10.5. The lowest BCUT2D eigenvalue weighted by atomic mass is 10.1. The van der Waals surface area contributed by atoms with Crippen molar-refractivity contribution in [2.45, 2.75) is 20.4 Å². The van der Waals surface area contributed by atoms with Crippen molar-refractivity contribution in [3.8, 4) is 0 Å². The highest BCUT2D eigenvalue weighted by molar-refractivity contribution is 5.74. The van der Waals surface area contributed by atoms with Crippen molar-refractivity contribution in [3.63, 3.8) is 0 Å². The molecule has 94 valence electrons. The number of primary amides is 1. The van der Waals surface area contributed by atoms with Gasteiger partial charge in [-0.3, -0.25) is 4.79 Å². The molecule has 0 unspecified atom stereocenters. The monoisotopic (exact) mass is 236 g/mol. The number of nitrogens with two attached hydrogens (primary N) is 1. The van der Waals surface area contributed by atoms with E-state index in [2.05, 4.69) is 37.4 Å². The van der Waals surface area contributed by atoms with Crippen LogP contribution < -0.4 is 11.1 Å². The Balaban J connectivity index is 2.20. The molecule has 1 rings (SSSR count). The molecule has 0 fully saturated rings. The van der Waals surface area contributed by atoms with Gasteiger partial charge in [-0.05, 0) is 19.4 Å². The van der Waals surface area contributed by atoms with Crippen molar-refractivity contribution >= 4 is 5.91 Å². The Morgan fingerprint density at radius 3 is 2.53 bits per heavy atom. The molecule has 0 aliphatic carbocycles. The fourth-order valence-electron chi connectivity index (χ4n) is 1.72. The molecule has 0 bridgehead atoms. The van der Waals surface area contributed by atoms with Crippen LogP contribution >= 0.6 is 0 Å². The molecule has 0 radical (unpaired) electrons. The minimum atomic E-state index is -0.431. The first-order valence-corrected chi connectivity index (χ1v) is 5.72. The molecule has 3 N–H and O–H groups in total. The predicted molar refractivity (Wildman–Crippen MR) is 67.6 cm³/mol. The third-order valence-electron chi connectivity index (χ3n) is 2.28. The van der Waals surface area contributed by atoms with E-state index in [-0.39, 0.29) is 6.61 Å². The van der Waals surface area contributed by atoms with E-state index >= 15 is 0 Å². The smallest absolute Gasteiger partial charge is 0.243 e. The number of ether oxygens (including phenoxy) is 1. The van der Waals surface area contributed by atoms with Gasteiger partial charge in [0.15, 0.2) is 0 Å². The molecule has 0 saturated heterocycles. The molecule has 0 spiro atoms. The summed E-state index contributed by atoms with van der Waals surface area (Å²) in [6.07, 6.45) is 0. The highest BCUT2D eigenvalue weighted by atomic mass is 16.5. The fourth-order valence-corrected chi connectivity index (χ4v) is 1.72. The van der Waals surface area contributed by atoms with Crippen molar-refractivity contribution < 1.29 is 9.53 Å². The minimum absolute atomic E-state index is 0.00870. The van der Waals surface area contributed by atoms with Gasteiger partial charge in [0.25, 0.3) is 0 Å². The predicted octanol–water partition coefficient (Wildman–Crippen LogP) is 0.895. The third kappa shape index (κ3) is 6.04. The maximum Gasteiger partial charge on any atom is 0.243 e. The Morgan fingerprint density at radius 2 is 1.94 bits per heavy atom. The van der Waals surface area contributed by atoms with Gasteiger partial charge in [0.2, 0.25) is 5.91 Å². The number of aryl methyl sites for hydroxylation is 2. The second-order valence-corrected chi connectivity index (χ2v) is 4.19. The van der Waals surface area contributed by atoms with E-state index in [1.54, 1.807) is 0 Å². The molecule has 0 atom stereocenters. The van der Waals surface area contributed by atoms with Crippen LogP contribution in [0.25, 0.3) is 0 Å². The van der Waals surface area contributed by atoms with Crippen molar-refractivity contribution in [2.24, 2.45) is 5.73 Å². The number of carbonyl (C=O) groups excluding carboxylic acids is 1. The number of nitrogens with one attached hydrogen (secondary N) is 1. The van der Waals surface area contributed by atoms with Gasteiger partial charge in [-0.2, -0.15) is 0 Å². The first-order chi connectivity index (χ1) is 8.08. The summed E-state index contributed by atoms with van der Waals surface area (Å²) >= 11 is 0. The number of hydrogen-bond donors (Lipinski definition) is 2. The lowest BCUT2D eigenvalue weighted by Crippen LogP contribution is -2.23. The van der Waals surface area contributed by atoms with Crippen LogP contribution in [0.2, 0.25) is 0 Å². The fraction of sp³-hybridized carbons (Fsp3) is 0.462. The molecule has 1 aromatic rings. The Morgan fingerprint density at radius 1 is 1.29 bits per heavy atom. The Kier molecular flexibility index (Phi) is 5.66. The van der Waals surface area contributed by atoms with Crippen molar-refractivity contribution in [3.05, 3.63) is 34.9 Å². The van der Waals surface area contributed by atoms with Crippen molar-refractivity contribution in [2.75, 3.05) is 19.8 Å². The molecular weight excluding hydrogens is 216 g/mol. The van der Waals surface area contributed by atoms with E-state index in [0.29, 0.717) is 13.2 Å². The molecule has 1 amide bonds. The molecule has 4 heteroatoms. The number of hydrogen-bond acceptors (Lipinski definition) is 3. The quantitative estimate of drug-likeness (QED) is 0.691. The lowest BCUT2D eigenvalue weighted by molar-refractivity contribution is -0.122. The molecule has 4 nitrogen and oxygen atoms in total. The van der Waals surface area contributed by atoms with Gasteiger partial charge in [-0.15, -0.1) is 0 Å². The maximum absolute atomic E-state index is 10.4. The second kappa shape index (κ2) is 7.04. The summed E-state index contributed by atoms with van der Waals surface area (Å²) in [5.41, 5.74) is 8.75. The number of rotatable bonds is 7. The molecule has 0 saturated carbocycles.